The first-order chi connectivity index (χ1) is 15.8. The van der Waals surface area contributed by atoms with E-state index < -0.39 is 0 Å². The van der Waals surface area contributed by atoms with Crippen molar-refractivity contribution in [1.82, 2.24) is 24.3 Å². The molecule has 0 aliphatic carbocycles. The van der Waals surface area contributed by atoms with Crippen LogP contribution in [0.3, 0.4) is 0 Å². The third-order valence-corrected chi connectivity index (χ3v) is 5.98. The minimum atomic E-state index is -0.344. The maximum Gasteiger partial charge on any atom is 0.330 e. The first-order valence-electron chi connectivity index (χ1n) is 10.8. The topological polar surface area (TPSA) is 89.2 Å². The predicted molar refractivity (Wildman–Crippen MR) is 122 cm³/mol. The van der Waals surface area contributed by atoms with Crippen LogP contribution in [0.25, 0.3) is 11.3 Å². The molecule has 8 nitrogen and oxygen atoms in total. The fraction of sp³-hybridized carbons (Fsp3) is 0.333. The quantitative estimate of drug-likeness (QED) is 0.638. The largest absolute Gasteiger partial charge is 0.349 e. The molecule has 4 rings (SSSR count). The third-order valence-electron chi connectivity index (χ3n) is 5.98. The Kier molecular flexibility index (Phi) is 6.50. The van der Waals surface area contributed by atoms with Crippen LogP contribution < -0.4 is 16.6 Å². The van der Waals surface area contributed by atoms with E-state index in [-0.39, 0.29) is 29.0 Å². The van der Waals surface area contributed by atoms with Crippen LogP contribution in [0.4, 0.5) is 4.39 Å². The summed E-state index contributed by atoms with van der Waals surface area (Å²) in [6, 6.07) is 9.59. The summed E-state index contributed by atoms with van der Waals surface area (Å²) in [5.74, 6) is -0.530. The number of hydrogen-bond donors (Lipinski definition) is 1. The lowest BCUT2D eigenvalue weighted by Crippen LogP contribution is -2.45. The maximum absolute atomic E-state index is 13.4. The molecule has 0 bridgehead atoms. The molecule has 2 aromatic heterocycles. The van der Waals surface area contributed by atoms with Crippen LogP contribution in [-0.2, 0) is 20.6 Å². The molecule has 1 N–H and O–H groups in total. The molecule has 1 amide bonds. The molecule has 0 unspecified atom stereocenters. The number of piperidine rings is 1. The summed E-state index contributed by atoms with van der Waals surface area (Å²) in [7, 11) is 3.11. The summed E-state index contributed by atoms with van der Waals surface area (Å²) >= 11 is 0. The van der Waals surface area contributed by atoms with Gasteiger partial charge in [0.2, 0.25) is 0 Å². The Hall–Kier alpha value is -3.59. The van der Waals surface area contributed by atoms with Crippen LogP contribution in [0.15, 0.2) is 58.4 Å². The minimum Gasteiger partial charge on any atom is -0.349 e. The van der Waals surface area contributed by atoms with Crippen molar-refractivity contribution >= 4 is 5.91 Å². The molecular formula is C24H26FN5O3. The summed E-state index contributed by atoms with van der Waals surface area (Å²) in [4.78, 5) is 43.3. The summed E-state index contributed by atoms with van der Waals surface area (Å²) in [6.45, 7) is 1.92. The van der Waals surface area contributed by atoms with E-state index in [0.717, 1.165) is 30.5 Å². The highest BCUT2D eigenvalue weighted by Gasteiger charge is 2.22. The molecule has 0 spiro atoms. The number of likely N-dealkylation sites (tertiary alicyclic amines) is 1. The molecule has 9 heteroatoms. The molecule has 0 radical (unpaired) electrons. The molecule has 1 aliphatic rings. The number of rotatable bonds is 5. The lowest BCUT2D eigenvalue weighted by Gasteiger charge is -2.32. The average molecular weight is 452 g/mol. The number of benzene rings is 1. The molecule has 1 saturated heterocycles. The second-order valence-electron chi connectivity index (χ2n) is 8.38. The van der Waals surface area contributed by atoms with Gasteiger partial charge in [0.25, 0.3) is 11.5 Å². The van der Waals surface area contributed by atoms with Crippen molar-refractivity contribution in [3.63, 3.8) is 0 Å². The van der Waals surface area contributed by atoms with Crippen LogP contribution in [0.5, 0.6) is 0 Å². The molecular weight excluding hydrogens is 425 g/mol. The number of pyridine rings is 1. The first kappa shape index (κ1) is 22.6. The molecule has 1 fully saturated rings. The lowest BCUT2D eigenvalue weighted by atomic mass is 10.0. The van der Waals surface area contributed by atoms with Crippen molar-refractivity contribution in [1.29, 1.82) is 0 Å². The highest BCUT2D eigenvalue weighted by Crippen LogP contribution is 2.18. The summed E-state index contributed by atoms with van der Waals surface area (Å²) in [5, 5.41) is 3.05. The number of aryl methyl sites for hydroxylation is 1. The van der Waals surface area contributed by atoms with Gasteiger partial charge in [0.05, 0.1) is 11.3 Å². The second-order valence-corrected chi connectivity index (χ2v) is 8.38. The fourth-order valence-corrected chi connectivity index (χ4v) is 4.08. The van der Waals surface area contributed by atoms with Gasteiger partial charge in [-0.15, -0.1) is 0 Å². The van der Waals surface area contributed by atoms with Gasteiger partial charge in [-0.1, -0.05) is 12.1 Å². The Morgan fingerprint density at radius 3 is 2.58 bits per heavy atom. The van der Waals surface area contributed by atoms with Crippen LogP contribution in [0.2, 0.25) is 0 Å². The number of aromatic nitrogens is 3. The summed E-state index contributed by atoms with van der Waals surface area (Å²) in [5.41, 5.74) is 1.66. The van der Waals surface area contributed by atoms with E-state index in [9.17, 15) is 18.8 Å². The van der Waals surface area contributed by atoms with Crippen LogP contribution >= 0.6 is 0 Å². The van der Waals surface area contributed by atoms with E-state index in [1.54, 1.807) is 37.5 Å². The Balaban J connectivity index is 1.32. The number of carbonyl (C=O) groups excluding carboxylic acids is 1. The third kappa shape index (κ3) is 5.09. The highest BCUT2D eigenvalue weighted by atomic mass is 19.1. The maximum atomic E-state index is 13.4. The van der Waals surface area contributed by atoms with Crippen LogP contribution in [0, 0.1) is 5.82 Å². The van der Waals surface area contributed by atoms with Gasteiger partial charge in [0.15, 0.2) is 0 Å². The van der Waals surface area contributed by atoms with E-state index in [2.05, 4.69) is 15.2 Å². The number of halogens is 1. The van der Waals surface area contributed by atoms with Crippen molar-refractivity contribution in [2.45, 2.75) is 25.4 Å². The van der Waals surface area contributed by atoms with Gasteiger partial charge < -0.3 is 9.88 Å². The fourth-order valence-electron chi connectivity index (χ4n) is 4.08. The van der Waals surface area contributed by atoms with Gasteiger partial charge in [-0.25, -0.2) is 9.18 Å². The number of carbonyl (C=O) groups is 1. The number of nitrogens with one attached hydrogen (secondary N) is 1. The van der Waals surface area contributed by atoms with E-state index in [0.29, 0.717) is 28.9 Å². The standard InChI is InChI=1S/C24H26FN5O3/c1-28-14-18(23(32)29(2)24(28)33)15-30-10-8-20(9-11-30)27-22(31)17-6-7-21(26-13-17)16-4-3-5-19(25)12-16/h3-7,12-14,20H,8-11,15H2,1-2H3,(H,27,31). The van der Waals surface area contributed by atoms with Gasteiger partial charge in [-0.2, -0.15) is 0 Å². The predicted octanol–water partition coefficient (Wildman–Crippen LogP) is 1.68. The smallest absolute Gasteiger partial charge is 0.330 e. The summed E-state index contributed by atoms with van der Waals surface area (Å²) < 4.78 is 16.0. The second kappa shape index (κ2) is 9.50. The van der Waals surface area contributed by atoms with Gasteiger partial charge in [0, 0.05) is 63.3 Å². The Bertz CT molecular complexity index is 1270. The first-order valence-corrected chi connectivity index (χ1v) is 10.8. The zero-order chi connectivity index (χ0) is 23.5. The van der Waals surface area contributed by atoms with E-state index in [1.165, 1.54) is 29.9 Å². The molecule has 3 heterocycles. The van der Waals surface area contributed by atoms with Crippen molar-refractivity contribution in [3.05, 3.63) is 86.6 Å². The average Bonchev–Trinajstić information content (AvgIpc) is 2.82. The Labute approximate surface area is 190 Å². The molecule has 1 aromatic carbocycles. The molecule has 0 saturated carbocycles. The van der Waals surface area contributed by atoms with Gasteiger partial charge in [-0.05, 0) is 37.1 Å². The Morgan fingerprint density at radius 1 is 1.15 bits per heavy atom. The Morgan fingerprint density at radius 2 is 1.91 bits per heavy atom. The number of amides is 1. The zero-order valence-electron chi connectivity index (χ0n) is 18.6. The molecule has 172 valence electrons. The van der Waals surface area contributed by atoms with Crippen LogP contribution in [0.1, 0.15) is 28.8 Å². The van der Waals surface area contributed by atoms with Crippen molar-refractivity contribution in [2.75, 3.05) is 13.1 Å². The van der Waals surface area contributed by atoms with Crippen molar-refractivity contribution < 1.29 is 9.18 Å². The van der Waals surface area contributed by atoms with Gasteiger partial charge in [0.1, 0.15) is 5.82 Å². The molecule has 3 aromatic rings. The van der Waals surface area contributed by atoms with Gasteiger partial charge >= 0.3 is 5.69 Å². The number of nitrogens with zero attached hydrogens (tertiary/aromatic N) is 4. The van der Waals surface area contributed by atoms with Gasteiger partial charge in [-0.3, -0.25) is 24.0 Å². The molecule has 33 heavy (non-hydrogen) atoms. The zero-order valence-corrected chi connectivity index (χ0v) is 18.6. The molecule has 0 atom stereocenters. The van der Waals surface area contributed by atoms with E-state index in [1.807, 2.05) is 0 Å². The summed E-state index contributed by atoms with van der Waals surface area (Å²) in [6.07, 6.45) is 4.61. The lowest BCUT2D eigenvalue weighted by molar-refractivity contribution is 0.0908. The van der Waals surface area contributed by atoms with E-state index in [4.69, 9.17) is 0 Å². The minimum absolute atomic E-state index is 0.0274. The number of hydrogen-bond acceptors (Lipinski definition) is 5. The van der Waals surface area contributed by atoms with Crippen LogP contribution in [-0.4, -0.2) is 44.1 Å². The van der Waals surface area contributed by atoms with Crippen molar-refractivity contribution in [3.8, 4) is 11.3 Å². The van der Waals surface area contributed by atoms with Crippen molar-refractivity contribution in [2.24, 2.45) is 14.1 Å². The normalized spacial score (nSPS) is 14.9. The van der Waals surface area contributed by atoms with E-state index >= 15 is 0 Å². The SMILES string of the molecule is Cn1cc(CN2CCC(NC(=O)c3ccc(-c4cccc(F)c4)nc3)CC2)c(=O)n(C)c1=O. The highest BCUT2D eigenvalue weighted by molar-refractivity contribution is 5.94. The monoisotopic (exact) mass is 451 g/mol. The molecule has 1 aliphatic heterocycles.